The fourth-order valence-electron chi connectivity index (χ4n) is 2.60. The number of thiocarbonyl (C=S) groups is 1. The van der Waals surface area contributed by atoms with Crippen LogP contribution in [0, 0.1) is 11.6 Å². The molecule has 4 nitrogen and oxygen atoms in total. The summed E-state index contributed by atoms with van der Waals surface area (Å²) >= 11 is 11.0. The van der Waals surface area contributed by atoms with Gasteiger partial charge in [-0.3, -0.25) is 0 Å². The minimum atomic E-state index is -0.644. The molecule has 2 N–H and O–H groups in total. The minimum Gasteiger partial charge on any atom is -0.491 e. The molecular weight excluding hydrogens is 368 g/mol. The number of nitrogens with zero attached hydrogens (tertiary/aromatic N) is 1. The number of pyridine rings is 1. The SMILES string of the molecule is CCOc1ccc(F)c(C2CC2NC(=S)Nc2ccc(Cl)cn2)c1F. The zero-order valence-electron chi connectivity index (χ0n) is 13.4. The van der Waals surface area contributed by atoms with Crippen molar-refractivity contribution in [3.63, 3.8) is 0 Å². The van der Waals surface area contributed by atoms with Gasteiger partial charge in [0.1, 0.15) is 11.6 Å². The summed E-state index contributed by atoms with van der Waals surface area (Å²) in [5, 5.41) is 6.81. The van der Waals surface area contributed by atoms with Crippen molar-refractivity contribution < 1.29 is 13.5 Å². The molecular formula is C17H16ClF2N3OS. The van der Waals surface area contributed by atoms with Crippen LogP contribution in [0.5, 0.6) is 5.75 Å². The number of hydrogen-bond donors (Lipinski definition) is 2. The highest BCUT2D eigenvalue weighted by Crippen LogP contribution is 2.44. The molecule has 25 heavy (non-hydrogen) atoms. The Morgan fingerprint density at radius 2 is 2.16 bits per heavy atom. The standard InChI is InChI=1S/C17H16ClF2N3OS/c1-2-24-13-5-4-11(19)15(16(13)20)10-7-12(10)22-17(25)23-14-6-3-9(18)8-21-14/h3-6,8,10,12H,2,7H2,1H3,(H2,21,22,23,25). The Morgan fingerprint density at radius 3 is 2.84 bits per heavy atom. The monoisotopic (exact) mass is 383 g/mol. The zero-order chi connectivity index (χ0) is 18.0. The molecule has 2 atom stereocenters. The Labute approximate surface area is 154 Å². The molecule has 132 valence electrons. The molecule has 0 radical (unpaired) electrons. The summed E-state index contributed by atoms with van der Waals surface area (Å²) in [7, 11) is 0. The first-order valence-electron chi connectivity index (χ1n) is 7.79. The predicted molar refractivity (Wildman–Crippen MR) is 97.3 cm³/mol. The summed E-state index contributed by atoms with van der Waals surface area (Å²) in [4.78, 5) is 4.08. The lowest BCUT2D eigenvalue weighted by molar-refractivity contribution is 0.318. The van der Waals surface area contributed by atoms with Crippen molar-refractivity contribution in [1.82, 2.24) is 10.3 Å². The highest BCUT2D eigenvalue weighted by atomic mass is 35.5. The van der Waals surface area contributed by atoms with Gasteiger partial charge in [-0.15, -0.1) is 0 Å². The summed E-state index contributed by atoms with van der Waals surface area (Å²) in [5.74, 6) is -0.911. The molecule has 2 unspecified atom stereocenters. The van der Waals surface area contributed by atoms with E-state index in [-0.39, 0.29) is 23.3 Å². The second kappa shape index (κ2) is 7.49. The third kappa shape index (κ3) is 4.16. The quantitative estimate of drug-likeness (QED) is 0.755. The van der Waals surface area contributed by atoms with Gasteiger partial charge in [-0.05, 0) is 49.8 Å². The van der Waals surface area contributed by atoms with Crippen molar-refractivity contribution >= 4 is 34.7 Å². The molecule has 3 rings (SSSR count). The average Bonchev–Trinajstić information content (AvgIpc) is 3.31. The minimum absolute atomic E-state index is 0.0378. The van der Waals surface area contributed by atoms with Crippen LogP contribution in [0.4, 0.5) is 14.6 Å². The topological polar surface area (TPSA) is 46.2 Å². The summed E-state index contributed by atoms with van der Waals surface area (Å²) < 4.78 is 33.7. The van der Waals surface area contributed by atoms with E-state index in [9.17, 15) is 8.78 Å². The molecule has 1 aliphatic carbocycles. The zero-order valence-corrected chi connectivity index (χ0v) is 14.9. The smallest absolute Gasteiger partial charge is 0.172 e. The van der Waals surface area contributed by atoms with Crippen LogP contribution in [0.25, 0.3) is 0 Å². The number of rotatable bonds is 5. The fraction of sp³-hybridized carbons (Fsp3) is 0.294. The van der Waals surface area contributed by atoms with Crippen molar-refractivity contribution in [2.75, 3.05) is 11.9 Å². The molecule has 1 aromatic heterocycles. The molecule has 8 heteroatoms. The van der Waals surface area contributed by atoms with Gasteiger partial charge in [-0.1, -0.05) is 11.6 Å². The van der Waals surface area contributed by atoms with E-state index in [1.165, 1.54) is 18.3 Å². The van der Waals surface area contributed by atoms with Crippen molar-refractivity contribution in [2.24, 2.45) is 0 Å². The number of ether oxygens (including phenoxy) is 1. The Kier molecular flexibility index (Phi) is 5.34. The predicted octanol–water partition coefficient (Wildman–Crippen LogP) is 4.25. The van der Waals surface area contributed by atoms with Crippen LogP contribution in [0.2, 0.25) is 5.02 Å². The van der Waals surface area contributed by atoms with Crippen LogP contribution in [0.15, 0.2) is 30.5 Å². The van der Waals surface area contributed by atoms with E-state index in [0.717, 1.165) is 0 Å². The van der Waals surface area contributed by atoms with Gasteiger partial charge < -0.3 is 15.4 Å². The molecule has 0 bridgehead atoms. The van der Waals surface area contributed by atoms with Crippen LogP contribution >= 0.6 is 23.8 Å². The number of benzene rings is 1. The molecule has 1 aromatic carbocycles. The molecule has 0 spiro atoms. The Balaban J connectivity index is 1.64. The average molecular weight is 384 g/mol. The molecule has 1 saturated carbocycles. The van der Waals surface area contributed by atoms with E-state index in [4.69, 9.17) is 28.6 Å². The Morgan fingerprint density at radius 1 is 1.36 bits per heavy atom. The normalized spacial score (nSPS) is 18.6. The molecule has 1 aliphatic rings. The largest absolute Gasteiger partial charge is 0.491 e. The van der Waals surface area contributed by atoms with E-state index in [0.29, 0.717) is 29.0 Å². The first-order valence-corrected chi connectivity index (χ1v) is 8.58. The van der Waals surface area contributed by atoms with E-state index < -0.39 is 11.6 Å². The summed E-state index contributed by atoms with van der Waals surface area (Å²) in [5.41, 5.74) is 0.0378. The van der Waals surface area contributed by atoms with Crippen LogP contribution < -0.4 is 15.4 Å². The van der Waals surface area contributed by atoms with Crippen molar-refractivity contribution in [2.45, 2.75) is 25.3 Å². The Bertz CT molecular complexity index is 788. The van der Waals surface area contributed by atoms with Gasteiger partial charge in [0, 0.05) is 23.7 Å². The third-order valence-electron chi connectivity index (χ3n) is 3.84. The molecule has 1 heterocycles. The van der Waals surface area contributed by atoms with Crippen molar-refractivity contribution in [3.8, 4) is 5.75 Å². The van der Waals surface area contributed by atoms with E-state index in [1.54, 1.807) is 19.1 Å². The first-order chi connectivity index (χ1) is 12.0. The van der Waals surface area contributed by atoms with Crippen LogP contribution in [-0.2, 0) is 0 Å². The highest BCUT2D eigenvalue weighted by Gasteiger charge is 2.43. The molecule has 0 aliphatic heterocycles. The van der Waals surface area contributed by atoms with Gasteiger partial charge in [0.05, 0.1) is 11.6 Å². The fourth-order valence-corrected chi connectivity index (χ4v) is 2.97. The maximum atomic E-state index is 14.4. The lowest BCUT2D eigenvalue weighted by atomic mass is 10.1. The molecule has 0 amide bonds. The summed E-state index contributed by atoms with van der Waals surface area (Å²) in [6.45, 7) is 2.06. The number of aromatic nitrogens is 1. The number of nitrogens with one attached hydrogen (secondary N) is 2. The highest BCUT2D eigenvalue weighted by molar-refractivity contribution is 7.80. The van der Waals surface area contributed by atoms with Gasteiger partial charge in [0.15, 0.2) is 16.7 Å². The van der Waals surface area contributed by atoms with Crippen LogP contribution in [-0.4, -0.2) is 22.7 Å². The number of halogens is 3. The van der Waals surface area contributed by atoms with E-state index in [1.807, 2.05) is 0 Å². The second-order valence-electron chi connectivity index (χ2n) is 5.61. The molecule has 1 fully saturated rings. The molecule has 0 saturated heterocycles. The maximum Gasteiger partial charge on any atom is 0.172 e. The van der Waals surface area contributed by atoms with Gasteiger partial charge in [0.2, 0.25) is 0 Å². The third-order valence-corrected chi connectivity index (χ3v) is 4.28. The second-order valence-corrected chi connectivity index (χ2v) is 6.46. The first kappa shape index (κ1) is 17.8. The van der Waals surface area contributed by atoms with Gasteiger partial charge in [-0.2, -0.15) is 0 Å². The lowest BCUT2D eigenvalue weighted by Gasteiger charge is -2.12. The van der Waals surface area contributed by atoms with E-state index >= 15 is 0 Å². The van der Waals surface area contributed by atoms with E-state index in [2.05, 4.69) is 15.6 Å². The number of anilines is 1. The lowest BCUT2D eigenvalue weighted by Crippen LogP contribution is -2.31. The van der Waals surface area contributed by atoms with Gasteiger partial charge in [-0.25, -0.2) is 13.8 Å². The Hall–Kier alpha value is -1.99. The maximum absolute atomic E-state index is 14.4. The summed E-state index contributed by atoms with van der Waals surface area (Å²) in [6, 6.07) is 5.76. The van der Waals surface area contributed by atoms with Gasteiger partial charge in [0.25, 0.3) is 0 Å². The summed E-state index contributed by atoms with van der Waals surface area (Å²) in [6.07, 6.45) is 2.08. The van der Waals surface area contributed by atoms with Crippen molar-refractivity contribution in [3.05, 3.63) is 52.7 Å². The number of hydrogen-bond acceptors (Lipinski definition) is 3. The van der Waals surface area contributed by atoms with Crippen LogP contribution in [0.3, 0.4) is 0 Å². The molecule has 2 aromatic rings. The van der Waals surface area contributed by atoms with Gasteiger partial charge >= 0.3 is 0 Å². The van der Waals surface area contributed by atoms with Crippen molar-refractivity contribution in [1.29, 1.82) is 0 Å². The van der Waals surface area contributed by atoms with Crippen LogP contribution in [0.1, 0.15) is 24.8 Å².